The molecule has 94 valence electrons. The van der Waals surface area contributed by atoms with Crippen LogP contribution >= 0.6 is 0 Å². The van der Waals surface area contributed by atoms with Crippen LogP contribution < -0.4 is 11.1 Å². The molecule has 3 heteroatoms. The Labute approximate surface area is 103 Å². The van der Waals surface area contributed by atoms with E-state index in [0.29, 0.717) is 6.42 Å². The zero-order valence-electron chi connectivity index (χ0n) is 10.9. The Morgan fingerprint density at radius 3 is 2.47 bits per heavy atom. The number of aryl methyl sites for hydroxylation is 2. The monoisotopic (exact) mass is 234 g/mol. The smallest absolute Gasteiger partial charge is 0.225 e. The highest BCUT2D eigenvalue weighted by Gasteiger charge is 2.11. The number of nitrogens with one attached hydrogen (secondary N) is 1. The third-order valence-corrected chi connectivity index (χ3v) is 2.85. The van der Waals surface area contributed by atoms with Crippen LogP contribution in [0.2, 0.25) is 0 Å². The van der Waals surface area contributed by atoms with Gasteiger partial charge in [0.05, 0.1) is 0 Å². The third-order valence-electron chi connectivity index (χ3n) is 2.85. The van der Waals surface area contributed by atoms with Gasteiger partial charge in [0.15, 0.2) is 0 Å². The van der Waals surface area contributed by atoms with Crippen molar-refractivity contribution in [3.8, 4) is 0 Å². The molecule has 0 aliphatic heterocycles. The molecule has 1 amide bonds. The summed E-state index contributed by atoms with van der Waals surface area (Å²) in [5, 5.41) is 2.95. The Balaban J connectivity index is 2.62. The lowest BCUT2D eigenvalue weighted by atomic mass is 10.1. The Hall–Kier alpha value is -1.35. The molecule has 1 atom stereocenters. The van der Waals surface area contributed by atoms with Crippen LogP contribution in [-0.4, -0.2) is 11.9 Å². The van der Waals surface area contributed by atoms with Gasteiger partial charge in [-0.25, -0.2) is 0 Å². The number of carbonyl (C=O) groups excluding carboxylic acids is 1. The first-order chi connectivity index (χ1) is 8.04. The number of nitrogens with two attached hydrogens (primary N) is 1. The lowest BCUT2D eigenvalue weighted by Gasteiger charge is -2.14. The fourth-order valence-electron chi connectivity index (χ4n) is 1.91. The van der Waals surface area contributed by atoms with Gasteiger partial charge in [-0.3, -0.25) is 4.79 Å². The van der Waals surface area contributed by atoms with E-state index in [4.69, 9.17) is 5.73 Å². The molecule has 17 heavy (non-hydrogen) atoms. The molecule has 0 aromatic heterocycles. The van der Waals surface area contributed by atoms with Crippen molar-refractivity contribution in [2.75, 3.05) is 5.32 Å². The number of anilines is 1. The molecule has 0 saturated carbocycles. The molecule has 0 fully saturated rings. The van der Waals surface area contributed by atoms with E-state index in [1.165, 1.54) is 0 Å². The maximum absolute atomic E-state index is 11.8. The van der Waals surface area contributed by atoms with Gasteiger partial charge in [-0.2, -0.15) is 0 Å². The molecule has 0 spiro atoms. The number of amides is 1. The summed E-state index contributed by atoms with van der Waals surface area (Å²) in [7, 11) is 0. The van der Waals surface area contributed by atoms with E-state index >= 15 is 0 Å². The minimum Gasteiger partial charge on any atom is -0.327 e. The lowest BCUT2D eigenvalue weighted by Crippen LogP contribution is -2.27. The van der Waals surface area contributed by atoms with Crippen molar-refractivity contribution in [1.82, 2.24) is 0 Å². The number of rotatable bonds is 5. The summed E-state index contributed by atoms with van der Waals surface area (Å²) in [4.78, 5) is 11.8. The lowest BCUT2D eigenvalue weighted by molar-refractivity contribution is -0.116. The number of carbonyl (C=O) groups is 1. The molecular weight excluding hydrogens is 212 g/mol. The van der Waals surface area contributed by atoms with Crippen LogP contribution in [0.25, 0.3) is 0 Å². The van der Waals surface area contributed by atoms with Gasteiger partial charge < -0.3 is 11.1 Å². The van der Waals surface area contributed by atoms with Crippen LogP contribution in [-0.2, 0) is 4.79 Å². The van der Waals surface area contributed by atoms with E-state index in [2.05, 4.69) is 12.2 Å². The quantitative estimate of drug-likeness (QED) is 0.823. The minimum atomic E-state index is -0.0377. The molecule has 3 N–H and O–H groups in total. The van der Waals surface area contributed by atoms with Gasteiger partial charge in [0.25, 0.3) is 0 Å². The Bertz CT molecular complexity index is 368. The standard InChI is InChI=1S/C14H22N2O/c1-4-6-12(15)9-13(17)16-14-10(2)7-5-8-11(14)3/h5,7-8,12H,4,6,9,15H2,1-3H3,(H,16,17). The van der Waals surface area contributed by atoms with Crippen LogP contribution in [0.4, 0.5) is 5.69 Å². The first-order valence-electron chi connectivity index (χ1n) is 6.16. The summed E-state index contributed by atoms with van der Waals surface area (Å²) in [5.74, 6) is 0.00310. The predicted molar refractivity (Wildman–Crippen MR) is 72.0 cm³/mol. The average molecular weight is 234 g/mol. The van der Waals surface area contributed by atoms with Crippen molar-refractivity contribution in [2.45, 2.75) is 46.1 Å². The van der Waals surface area contributed by atoms with E-state index in [9.17, 15) is 4.79 Å². The number of hydrogen-bond acceptors (Lipinski definition) is 2. The highest BCUT2D eigenvalue weighted by Crippen LogP contribution is 2.19. The normalized spacial score (nSPS) is 12.2. The van der Waals surface area contributed by atoms with E-state index in [1.54, 1.807) is 0 Å². The van der Waals surface area contributed by atoms with Crippen molar-refractivity contribution in [2.24, 2.45) is 5.73 Å². The molecule has 0 bridgehead atoms. The Morgan fingerprint density at radius 1 is 1.35 bits per heavy atom. The zero-order valence-corrected chi connectivity index (χ0v) is 10.9. The van der Waals surface area contributed by atoms with Gasteiger partial charge in [0.1, 0.15) is 0 Å². The molecule has 0 aliphatic carbocycles. The second-order valence-electron chi connectivity index (χ2n) is 4.57. The maximum Gasteiger partial charge on any atom is 0.225 e. The molecule has 1 aromatic rings. The zero-order chi connectivity index (χ0) is 12.8. The summed E-state index contributed by atoms with van der Waals surface area (Å²) in [6.07, 6.45) is 2.29. The molecule has 1 unspecified atom stereocenters. The van der Waals surface area contributed by atoms with Crippen LogP contribution in [0.5, 0.6) is 0 Å². The van der Waals surface area contributed by atoms with E-state index in [-0.39, 0.29) is 11.9 Å². The Kier molecular flexibility index (Phi) is 5.16. The van der Waals surface area contributed by atoms with E-state index in [0.717, 1.165) is 29.7 Å². The summed E-state index contributed by atoms with van der Waals surface area (Å²) in [6.45, 7) is 6.06. The van der Waals surface area contributed by atoms with E-state index in [1.807, 2.05) is 32.0 Å². The highest BCUT2D eigenvalue weighted by molar-refractivity contribution is 5.92. The van der Waals surface area contributed by atoms with Gasteiger partial charge in [-0.15, -0.1) is 0 Å². The molecule has 0 heterocycles. The van der Waals surface area contributed by atoms with Crippen molar-refractivity contribution in [3.63, 3.8) is 0 Å². The van der Waals surface area contributed by atoms with Gasteiger partial charge in [0, 0.05) is 18.2 Å². The maximum atomic E-state index is 11.8. The van der Waals surface area contributed by atoms with Gasteiger partial charge in [0.2, 0.25) is 5.91 Å². The molecule has 0 aliphatic rings. The molecule has 1 rings (SSSR count). The Morgan fingerprint density at radius 2 is 1.94 bits per heavy atom. The molecule has 0 saturated heterocycles. The fraction of sp³-hybridized carbons (Fsp3) is 0.500. The number of para-hydroxylation sites is 1. The van der Waals surface area contributed by atoms with E-state index < -0.39 is 0 Å². The predicted octanol–water partition coefficient (Wildman–Crippen LogP) is 2.76. The van der Waals surface area contributed by atoms with Crippen LogP contribution in [0, 0.1) is 13.8 Å². The first kappa shape index (κ1) is 13.7. The minimum absolute atomic E-state index is 0.00310. The largest absolute Gasteiger partial charge is 0.327 e. The molecule has 1 aromatic carbocycles. The molecule has 3 nitrogen and oxygen atoms in total. The van der Waals surface area contributed by atoms with Crippen molar-refractivity contribution >= 4 is 11.6 Å². The van der Waals surface area contributed by atoms with Crippen molar-refractivity contribution in [3.05, 3.63) is 29.3 Å². The number of hydrogen-bond donors (Lipinski definition) is 2. The van der Waals surface area contributed by atoms with Gasteiger partial charge in [-0.1, -0.05) is 31.5 Å². The summed E-state index contributed by atoms with van der Waals surface area (Å²) in [5.41, 5.74) is 8.94. The van der Waals surface area contributed by atoms with Crippen LogP contribution in [0.3, 0.4) is 0 Å². The average Bonchev–Trinajstić information content (AvgIpc) is 2.24. The summed E-state index contributed by atoms with van der Waals surface area (Å²) in [6, 6.07) is 5.94. The molecular formula is C14H22N2O. The van der Waals surface area contributed by atoms with Crippen molar-refractivity contribution in [1.29, 1.82) is 0 Å². The SMILES string of the molecule is CCCC(N)CC(=O)Nc1c(C)cccc1C. The fourth-order valence-corrected chi connectivity index (χ4v) is 1.91. The first-order valence-corrected chi connectivity index (χ1v) is 6.16. The van der Waals surface area contributed by atoms with Crippen molar-refractivity contribution < 1.29 is 4.79 Å². The summed E-state index contributed by atoms with van der Waals surface area (Å²) >= 11 is 0. The molecule has 0 radical (unpaired) electrons. The van der Waals surface area contributed by atoms with Gasteiger partial charge in [-0.05, 0) is 31.4 Å². The number of benzene rings is 1. The van der Waals surface area contributed by atoms with Gasteiger partial charge >= 0.3 is 0 Å². The second kappa shape index (κ2) is 6.40. The topological polar surface area (TPSA) is 55.1 Å². The van der Waals surface area contributed by atoms with Crippen LogP contribution in [0.15, 0.2) is 18.2 Å². The van der Waals surface area contributed by atoms with Crippen LogP contribution in [0.1, 0.15) is 37.3 Å². The summed E-state index contributed by atoms with van der Waals surface area (Å²) < 4.78 is 0. The highest BCUT2D eigenvalue weighted by atomic mass is 16.1. The second-order valence-corrected chi connectivity index (χ2v) is 4.57. The third kappa shape index (κ3) is 4.19.